The molecule has 1 saturated heterocycles. The molecule has 1 heterocycles. The number of rotatable bonds is 4. The molecule has 1 aliphatic heterocycles. The van der Waals surface area contributed by atoms with Crippen molar-refractivity contribution in [1.29, 1.82) is 0 Å². The Balaban J connectivity index is 1.96. The zero-order valence-corrected chi connectivity index (χ0v) is 10.2. The van der Waals surface area contributed by atoms with Gasteiger partial charge >= 0.3 is 0 Å². The van der Waals surface area contributed by atoms with Gasteiger partial charge < -0.3 is 14.8 Å². The minimum absolute atomic E-state index is 0.000825. The Morgan fingerprint density at radius 1 is 1.61 bits per heavy atom. The Morgan fingerprint density at radius 2 is 2.44 bits per heavy atom. The van der Waals surface area contributed by atoms with Gasteiger partial charge in [-0.15, -0.1) is 0 Å². The fraction of sp³-hybridized carbons (Fsp3) is 0.500. The summed E-state index contributed by atoms with van der Waals surface area (Å²) in [5.41, 5.74) is 0.707. The fourth-order valence-corrected chi connectivity index (χ4v) is 1.79. The smallest absolute Gasteiger partial charge is 0.276 e. The second-order valence-electron chi connectivity index (χ2n) is 4.21. The molecule has 1 atom stereocenters. The number of hydrogen-bond acceptors (Lipinski definition) is 5. The molecular weight excluding hydrogens is 236 g/mol. The van der Waals surface area contributed by atoms with Crippen LogP contribution in [0, 0.1) is 17.0 Å². The Hall–Kier alpha value is -1.66. The number of morpholine rings is 1. The van der Waals surface area contributed by atoms with Gasteiger partial charge in [-0.05, 0) is 19.1 Å². The van der Waals surface area contributed by atoms with E-state index in [2.05, 4.69) is 5.32 Å². The highest BCUT2D eigenvalue weighted by molar-refractivity contribution is 5.45. The van der Waals surface area contributed by atoms with Crippen molar-refractivity contribution in [1.82, 2.24) is 5.32 Å². The average Bonchev–Trinajstić information content (AvgIpc) is 2.38. The summed E-state index contributed by atoms with van der Waals surface area (Å²) in [6.45, 7) is 4.37. The van der Waals surface area contributed by atoms with Gasteiger partial charge in [0.05, 0.1) is 17.6 Å². The summed E-state index contributed by atoms with van der Waals surface area (Å²) in [6.07, 6.45) is -0.000825. The molecule has 6 heteroatoms. The molecule has 0 radical (unpaired) electrons. The lowest BCUT2D eigenvalue weighted by atomic mass is 10.2. The topological polar surface area (TPSA) is 73.6 Å². The predicted octanol–water partition coefficient (Wildman–Crippen LogP) is 1.27. The Labute approximate surface area is 105 Å². The summed E-state index contributed by atoms with van der Waals surface area (Å²) in [4.78, 5) is 10.4. The van der Waals surface area contributed by atoms with Crippen LogP contribution in [0.3, 0.4) is 0 Å². The van der Waals surface area contributed by atoms with Gasteiger partial charge in [0.25, 0.3) is 5.69 Å². The zero-order valence-electron chi connectivity index (χ0n) is 10.2. The molecule has 1 unspecified atom stereocenters. The molecule has 1 aliphatic rings. The molecule has 0 saturated carbocycles. The van der Waals surface area contributed by atoms with Gasteiger partial charge in [0.15, 0.2) is 0 Å². The lowest BCUT2D eigenvalue weighted by Crippen LogP contribution is -2.41. The minimum atomic E-state index is -0.402. The van der Waals surface area contributed by atoms with Crippen LogP contribution >= 0.6 is 0 Å². The molecule has 0 aromatic heterocycles. The first-order chi connectivity index (χ1) is 8.66. The number of ether oxygens (including phenoxy) is 2. The van der Waals surface area contributed by atoms with Crippen LogP contribution in [0.4, 0.5) is 5.69 Å². The molecule has 0 spiro atoms. The first-order valence-corrected chi connectivity index (χ1v) is 5.87. The average molecular weight is 252 g/mol. The van der Waals surface area contributed by atoms with Crippen molar-refractivity contribution in [3.63, 3.8) is 0 Å². The first-order valence-electron chi connectivity index (χ1n) is 5.87. The maximum atomic E-state index is 10.8. The quantitative estimate of drug-likeness (QED) is 0.645. The van der Waals surface area contributed by atoms with Gasteiger partial charge in [-0.2, -0.15) is 0 Å². The number of nitro groups is 1. The standard InChI is InChI=1S/C12H16N2O4/c1-9-2-3-10(6-12(9)14(15)16)18-8-11-7-13-4-5-17-11/h2-3,6,11,13H,4-5,7-8H2,1H3. The monoisotopic (exact) mass is 252 g/mol. The van der Waals surface area contributed by atoms with Gasteiger partial charge in [-0.1, -0.05) is 0 Å². The van der Waals surface area contributed by atoms with Gasteiger partial charge in [-0.3, -0.25) is 10.1 Å². The Morgan fingerprint density at radius 3 is 3.11 bits per heavy atom. The molecule has 1 aromatic carbocycles. The molecule has 1 aromatic rings. The van der Waals surface area contributed by atoms with E-state index in [4.69, 9.17) is 9.47 Å². The fourth-order valence-electron chi connectivity index (χ4n) is 1.79. The van der Waals surface area contributed by atoms with Crippen molar-refractivity contribution in [3.8, 4) is 5.75 Å². The zero-order chi connectivity index (χ0) is 13.0. The van der Waals surface area contributed by atoms with Crippen molar-refractivity contribution in [3.05, 3.63) is 33.9 Å². The maximum Gasteiger partial charge on any atom is 0.276 e. The van der Waals surface area contributed by atoms with Gasteiger partial charge in [-0.25, -0.2) is 0 Å². The molecule has 1 fully saturated rings. The van der Waals surface area contributed by atoms with Crippen LogP contribution in [-0.2, 0) is 4.74 Å². The predicted molar refractivity (Wildman–Crippen MR) is 65.9 cm³/mol. The normalized spacial score (nSPS) is 19.5. The summed E-state index contributed by atoms with van der Waals surface area (Å²) in [5.74, 6) is 0.501. The van der Waals surface area contributed by atoms with E-state index in [9.17, 15) is 10.1 Å². The molecule has 18 heavy (non-hydrogen) atoms. The third kappa shape index (κ3) is 3.18. The SMILES string of the molecule is Cc1ccc(OCC2CNCCO2)cc1[N+](=O)[O-]. The highest BCUT2D eigenvalue weighted by atomic mass is 16.6. The molecule has 98 valence electrons. The van der Waals surface area contributed by atoms with Crippen molar-refractivity contribution < 1.29 is 14.4 Å². The van der Waals surface area contributed by atoms with E-state index in [1.54, 1.807) is 19.1 Å². The van der Waals surface area contributed by atoms with E-state index in [1.807, 2.05) is 0 Å². The van der Waals surface area contributed by atoms with Gasteiger partial charge in [0.1, 0.15) is 18.5 Å². The van der Waals surface area contributed by atoms with E-state index in [0.29, 0.717) is 24.5 Å². The van der Waals surface area contributed by atoms with Gasteiger partial charge in [0, 0.05) is 18.7 Å². The van der Waals surface area contributed by atoms with Crippen molar-refractivity contribution in [2.24, 2.45) is 0 Å². The number of benzene rings is 1. The van der Waals surface area contributed by atoms with E-state index < -0.39 is 4.92 Å². The number of nitrogens with one attached hydrogen (secondary N) is 1. The molecule has 2 rings (SSSR count). The lowest BCUT2D eigenvalue weighted by molar-refractivity contribution is -0.385. The number of nitrogens with zero attached hydrogens (tertiary/aromatic N) is 1. The Kier molecular flexibility index (Phi) is 4.11. The van der Waals surface area contributed by atoms with Crippen LogP contribution < -0.4 is 10.1 Å². The van der Waals surface area contributed by atoms with Gasteiger partial charge in [0.2, 0.25) is 0 Å². The van der Waals surface area contributed by atoms with Crippen LogP contribution in [0.1, 0.15) is 5.56 Å². The molecule has 6 nitrogen and oxygen atoms in total. The van der Waals surface area contributed by atoms with E-state index in [0.717, 1.165) is 13.1 Å². The van der Waals surface area contributed by atoms with Crippen LogP contribution in [-0.4, -0.2) is 37.3 Å². The maximum absolute atomic E-state index is 10.8. The highest BCUT2D eigenvalue weighted by Crippen LogP contribution is 2.24. The van der Waals surface area contributed by atoms with Crippen LogP contribution in [0.2, 0.25) is 0 Å². The van der Waals surface area contributed by atoms with Crippen molar-refractivity contribution in [2.45, 2.75) is 13.0 Å². The lowest BCUT2D eigenvalue weighted by Gasteiger charge is -2.23. The number of nitro benzene ring substituents is 1. The van der Waals surface area contributed by atoms with E-state index >= 15 is 0 Å². The molecule has 0 aliphatic carbocycles. The summed E-state index contributed by atoms with van der Waals surface area (Å²) >= 11 is 0. The van der Waals surface area contributed by atoms with Crippen LogP contribution in [0.25, 0.3) is 0 Å². The first kappa shape index (κ1) is 12.8. The molecular formula is C12H16N2O4. The largest absolute Gasteiger partial charge is 0.491 e. The summed E-state index contributed by atoms with van der Waals surface area (Å²) in [5, 5.41) is 14.0. The molecule has 0 bridgehead atoms. The molecule has 1 N–H and O–H groups in total. The summed E-state index contributed by atoms with van der Waals surface area (Å²) in [6, 6.07) is 4.87. The third-order valence-electron chi connectivity index (χ3n) is 2.82. The highest BCUT2D eigenvalue weighted by Gasteiger charge is 2.15. The number of hydrogen-bond donors (Lipinski definition) is 1. The summed E-state index contributed by atoms with van der Waals surface area (Å²) < 4.78 is 11.0. The number of aryl methyl sites for hydroxylation is 1. The van der Waals surface area contributed by atoms with Crippen LogP contribution in [0.5, 0.6) is 5.75 Å². The molecule has 0 amide bonds. The summed E-state index contributed by atoms with van der Waals surface area (Å²) in [7, 11) is 0. The Bertz CT molecular complexity index is 430. The minimum Gasteiger partial charge on any atom is -0.491 e. The second-order valence-corrected chi connectivity index (χ2v) is 4.21. The van der Waals surface area contributed by atoms with Crippen molar-refractivity contribution in [2.75, 3.05) is 26.3 Å². The third-order valence-corrected chi connectivity index (χ3v) is 2.82. The second kappa shape index (κ2) is 5.79. The van der Waals surface area contributed by atoms with Crippen molar-refractivity contribution >= 4 is 5.69 Å². The van der Waals surface area contributed by atoms with Crippen LogP contribution in [0.15, 0.2) is 18.2 Å². The van der Waals surface area contributed by atoms with E-state index in [1.165, 1.54) is 6.07 Å². The van der Waals surface area contributed by atoms with E-state index in [-0.39, 0.29) is 11.8 Å².